The Morgan fingerprint density at radius 2 is 1.79 bits per heavy atom. The van der Waals surface area contributed by atoms with Crippen LogP contribution in [0.4, 0.5) is 18.9 Å². The summed E-state index contributed by atoms with van der Waals surface area (Å²) in [5.41, 5.74) is 0.0113. The molecule has 4 aromatic rings. The fourth-order valence-corrected chi connectivity index (χ4v) is 2.66. The van der Waals surface area contributed by atoms with Crippen LogP contribution in [0.5, 0.6) is 11.5 Å². The molecule has 0 aliphatic heterocycles. The first-order valence-corrected chi connectivity index (χ1v) is 8.45. The minimum atomic E-state index is -4.48. The Hall–Kier alpha value is -3.88. The molecule has 2 aromatic carbocycles. The monoisotopic (exact) mass is 398 g/mol. The number of hydrogen-bond donors (Lipinski definition) is 2. The van der Waals surface area contributed by atoms with Gasteiger partial charge in [-0.05, 0) is 42.5 Å². The number of pyridine rings is 1. The van der Waals surface area contributed by atoms with Crippen LogP contribution < -0.4 is 10.1 Å². The van der Waals surface area contributed by atoms with Crippen molar-refractivity contribution in [3.63, 3.8) is 0 Å². The van der Waals surface area contributed by atoms with Crippen LogP contribution in [0.25, 0.3) is 11.0 Å². The minimum Gasteiger partial charge on any atom is -0.457 e. The van der Waals surface area contributed by atoms with Crippen molar-refractivity contribution >= 4 is 22.6 Å². The summed E-state index contributed by atoms with van der Waals surface area (Å²) in [6.45, 7) is 0. The fraction of sp³-hybridized carbons (Fsp3) is 0.0500. The van der Waals surface area contributed by atoms with E-state index in [4.69, 9.17) is 4.74 Å². The summed E-state index contributed by atoms with van der Waals surface area (Å²) in [7, 11) is 0. The van der Waals surface area contributed by atoms with Crippen molar-refractivity contribution in [3.8, 4) is 11.5 Å². The quantitative estimate of drug-likeness (QED) is 0.506. The lowest BCUT2D eigenvalue weighted by molar-refractivity contribution is -0.137. The largest absolute Gasteiger partial charge is 0.457 e. The number of carbonyl (C=O) groups excluding carboxylic acids is 1. The summed E-state index contributed by atoms with van der Waals surface area (Å²) >= 11 is 0. The Balaban J connectivity index is 1.52. The van der Waals surface area contributed by atoms with Crippen LogP contribution in [0, 0.1) is 0 Å². The Bertz CT molecular complexity index is 1170. The number of benzene rings is 2. The summed E-state index contributed by atoms with van der Waals surface area (Å²) in [5.74, 6) is 0.394. The fourth-order valence-electron chi connectivity index (χ4n) is 2.66. The van der Waals surface area contributed by atoms with Crippen molar-refractivity contribution in [2.45, 2.75) is 6.18 Å². The number of aromatic amines is 1. The van der Waals surface area contributed by atoms with Gasteiger partial charge in [-0.15, -0.1) is 0 Å². The highest BCUT2D eigenvalue weighted by Crippen LogP contribution is 2.31. The predicted molar refractivity (Wildman–Crippen MR) is 99.8 cm³/mol. The molecule has 2 aromatic heterocycles. The molecule has 29 heavy (non-hydrogen) atoms. The van der Waals surface area contributed by atoms with Gasteiger partial charge < -0.3 is 15.0 Å². The maximum absolute atomic E-state index is 12.8. The molecule has 1 amide bonds. The Kier molecular flexibility index (Phi) is 4.63. The van der Waals surface area contributed by atoms with Gasteiger partial charge in [-0.3, -0.25) is 9.78 Å². The van der Waals surface area contributed by atoms with Gasteiger partial charge in [-0.25, -0.2) is 4.98 Å². The number of ether oxygens (including phenoxy) is 1. The van der Waals surface area contributed by atoms with Crippen LogP contribution in [0.1, 0.15) is 16.2 Å². The number of rotatable bonds is 4. The van der Waals surface area contributed by atoms with E-state index in [-0.39, 0.29) is 16.9 Å². The number of H-pyrrole nitrogens is 1. The first-order chi connectivity index (χ1) is 13.9. The third-order valence-corrected chi connectivity index (χ3v) is 4.00. The van der Waals surface area contributed by atoms with Crippen molar-refractivity contribution in [1.29, 1.82) is 0 Å². The van der Waals surface area contributed by atoms with Gasteiger partial charge >= 0.3 is 6.18 Å². The third kappa shape index (κ3) is 4.18. The number of nitrogens with one attached hydrogen (secondary N) is 2. The Labute approximate surface area is 162 Å². The molecule has 0 saturated carbocycles. The molecule has 0 aliphatic rings. The smallest absolute Gasteiger partial charge is 0.416 e. The SMILES string of the molecule is O=C(Nc1cccc(Oc2ccncc2)c1)c1nc2ccc(C(F)(F)F)cc2[nH]1. The van der Waals surface area contributed by atoms with E-state index in [1.807, 2.05) is 0 Å². The molecule has 0 radical (unpaired) electrons. The second kappa shape index (κ2) is 7.27. The molecule has 0 unspecified atom stereocenters. The van der Waals surface area contributed by atoms with Crippen LogP contribution in [-0.4, -0.2) is 20.9 Å². The normalized spacial score (nSPS) is 11.4. The van der Waals surface area contributed by atoms with Gasteiger partial charge in [0.2, 0.25) is 0 Å². The first-order valence-electron chi connectivity index (χ1n) is 8.45. The molecule has 0 spiro atoms. The van der Waals surface area contributed by atoms with Crippen LogP contribution >= 0.6 is 0 Å². The zero-order chi connectivity index (χ0) is 20.4. The number of carbonyl (C=O) groups is 1. The van der Waals surface area contributed by atoms with E-state index in [0.717, 1.165) is 12.1 Å². The summed E-state index contributed by atoms with van der Waals surface area (Å²) < 4.78 is 44.2. The van der Waals surface area contributed by atoms with Crippen LogP contribution in [0.2, 0.25) is 0 Å². The lowest BCUT2D eigenvalue weighted by Gasteiger charge is -2.08. The maximum Gasteiger partial charge on any atom is 0.416 e. The Morgan fingerprint density at radius 1 is 1.00 bits per heavy atom. The average molecular weight is 398 g/mol. The molecule has 4 rings (SSSR count). The van der Waals surface area contributed by atoms with Crippen molar-refractivity contribution in [3.05, 3.63) is 78.4 Å². The van der Waals surface area contributed by atoms with E-state index in [1.54, 1.807) is 48.8 Å². The van der Waals surface area contributed by atoms with Crippen LogP contribution in [-0.2, 0) is 6.18 Å². The Morgan fingerprint density at radius 3 is 2.55 bits per heavy atom. The number of hydrogen-bond acceptors (Lipinski definition) is 4. The number of nitrogens with zero attached hydrogens (tertiary/aromatic N) is 2. The number of imidazole rings is 1. The lowest BCUT2D eigenvalue weighted by atomic mass is 10.2. The lowest BCUT2D eigenvalue weighted by Crippen LogP contribution is -2.13. The van der Waals surface area contributed by atoms with Gasteiger partial charge in [0.15, 0.2) is 5.82 Å². The third-order valence-electron chi connectivity index (χ3n) is 4.00. The summed E-state index contributed by atoms with van der Waals surface area (Å²) in [6, 6.07) is 13.1. The van der Waals surface area contributed by atoms with Gasteiger partial charge in [-0.1, -0.05) is 6.07 Å². The van der Waals surface area contributed by atoms with Gasteiger partial charge in [0.05, 0.1) is 16.6 Å². The van der Waals surface area contributed by atoms with E-state index in [1.165, 1.54) is 6.07 Å². The zero-order valence-corrected chi connectivity index (χ0v) is 14.7. The molecule has 2 N–H and O–H groups in total. The molecule has 0 saturated heterocycles. The van der Waals surface area contributed by atoms with Gasteiger partial charge in [0.25, 0.3) is 5.91 Å². The number of fused-ring (bicyclic) bond motifs is 1. The molecule has 0 aliphatic carbocycles. The summed E-state index contributed by atoms with van der Waals surface area (Å²) in [6.07, 6.45) is -1.30. The van der Waals surface area contributed by atoms with Crippen molar-refractivity contribution in [2.24, 2.45) is 0 Å². The molecule has 2 heterocycles. The molecule has 146 valence electrons. The number of alkyl halides is 3. The molecular formula is C20H13F3N4O2. The molecule has 9 heteroatoms. The molecular weight excluding hydrogens is 385 g/mol. The summed E-state index contributed by atoms with van der Waals surface area (Å²) in [5, 5.41) is 2.64. The highest BCUT2D eigenvalue weighted by atomic mass is 19.4. The number of aromatic nitrogens is 3. The second-order valence-corrected chi connectivity index (χ2v) is 6.08. The van der Waals surface area contributed by atoms with E-state index in [9.17, 15) is 18.0 Å². The van der Waals surface area contributed by atoms with Crippen molar-refractivity contribution in [2.75, 3.05) is 5.32 Å². The van der Waals surface area contributed by atoms with E-state index in [2.05, 4.69) is 20.3 Å². The van der Waals surface area contributed by atoms with Gasteiger partial charge in [-0.2, -0.15) is 13.2 Å². The molecule has 0 bridgehead atoms. The molecule has 6 nitrogen and oxygen atoms in total. The van der Waals surface area contributed by atoms with E-state index < -0.39 is 17.6 Å². The predicted octanol–water partition coefficient (Wildman–Crippen LogP) is 5.02. The molecule has 0 fully saturated rings. The van der Waals surface area contributed by atoms with Gasteiger partial charge in [0, 0.05) is 24.1 Å². The van der Waals surface area contributed by atoms with Crippen LogP contribution in [0.15, 0.2) is 67.0 Å². The minimum absolute atomic E-state index is 0.0974. The number of halogens is 3. The average Bonchev–Trinajstić information content (AvgIpc) is 3.12. The number of anilines is 1. The molecule has 0 atom stereocenters. The number of amides is 1. The highest BCUT2D eigenvalue weighted by Gasteiger charge is 2.30. The van der Waals surface area contributed by atoms with E-state index in [0.29, 0.717) is 17.2 Å². The summed E-state index contributed by atoms with van der Waals surface area (Å²) in [4.78, 5) is 23.0. The van der Waals surface area contributed by atoms with Crippen LogP contribution in [0.3, 0.4) is 0 Å². The maximum atomic E-state index is 12.8. The zero-order valence-electron chi connectivity index (χ0n) is 14.7. The van der Waals surface area contributed by atoms with Gasteiger partial charge in [0.1, 0.15) is 11.5 Å². The standard InChI is InChI=1S/C20H13F3N4O2/c21-20(22,23)12-4-5-16-17(10-12)27-18(26-16)19(28)25-13-2-1-3-15(11-13)29-14-6-8-24-9-7-14/h1-11H,(H,25,28)(H,26,27). The van der Waals surface area contributed by atoms with E-state index >= 15 is 0 Å². The van der Waals surface area contributed by atoms with Crippen molar-refractivity contribution in [1.82, 2.24) is 15.0 Å². The topological polar surface area (TPSA) is 79.9 Å². The first kappa shape index (κ1) is 18.5. The highest BCUT2D eigenvalue weighted by molar-refractivity contribution is 6.03. The second-order valence-electron chi connectivity index (χ2n) is 6.08. The van der Waals surface area contributed by atoms with Crippen molar-refractivity contribution < 1.29 is 22.7 Å².